The first-order chi connectivity index (χ1) is 13.9. The minimum Gasteiger partial charge on any atom is -0.442 e. The van der Waals surface area contributed by atoms with Gasteiger partial charge in [-0.15, -0.1) is 0 Å². The van der Waals surface area contributed by atoms with E-state index in [9.17, 15) is 17.8 Å². The average Bonchev–Trinajstić information content (AvgIpc) is 3.16. The smallest absolute Gasteiger partial charge is 0.327 e. The average molecular weight is 438 g/mol. The van der Waals surface area contributed by atoms with Crippen LogP contribution < -0.4 is 19.7 Å². The number of halogens is 2. The van der Waals surface area contributed by atoms with E-state index in [1.807, 2.05) is 0 Å². The molecule has 2 N–H and O–H groups in total. The number of thiazole rings is 1. The van der Waals surface area contributed by atoms with Gasteiger partial charge in [0.1, 0.15) is 16.8 Å². The van der Waals surface area contributed by atoms with Crippen molar-refractivity contribution in [1.29, 1.82) is 0 Å². The van der Waals surface area contributed by atoms with Gasteiger partial charge in [0.2, 0.25) is 5.06 Å². The van der Waals surface area contributed by atoms with Crippen LogP contribution in [0.5, 0.6) is 10.8 Å². The second-order valence-corrected chi connectivity index (χ2v) is 8.03. The molecule has 3 aromatic rings. The lowest BCUT2D eigenvalue weighted by atomic mass is 10.3. The van der Waals surface area contributed by atoms with Crippen molar-refractivity contribution in [3.8, 4) is 10.8 Å². The molecule has 1 heterocycles. The molecule has 11 heteroatoms. The third kappa shape index (κ3) is 5.13. The Kier molecular flexibility index (Phi) is 6.52. The van der Waals surface area contributed by atoms with E-state index in [1.54, 1.807) is 38.4 Å². The van der Waals surface area contributed by atoms with E-state index in [2.05, 4.69) is 15.0 Å². The van der Waals surface area contributed by atoms with Crippen LogP contribution in [0.1, 0.15) is 0 Å². The first-order valence-corrected chi connectivity index (χ1v) is 10.2. The maximum atomic E-state index is 13.7. The Morgan fingerprint density at radius 1 is 1.24 bits per heavy atom. The number of nitrogens with one attached hydrogen (secondary N) is 2. The fourth-order valence-electron chi connectivity index (χ4n) is 2.25. The summed E-state index contributed by atoms with van der Waals surface area (Å²) in [6, 6.07) is 9.05. The largest absolute Gasteiger partial charge is 0.442 e. The molecular formula is C18H16F2N4O3S2. The van der Waals surface area contributed by atoms with E-state index in [0.717, 1.165) is 29.5 Å². The second-order valence-electron chi connectivity index (χ2n) is 5.62. The van der Waals surface area contributed by atoms with Gasteiger partial charge in [0.25, 0.3) is 0 Å². The quantitative estimate of drug-likeness (QED) is 0.606. The molecule has 0 aliphatic rings. The van der Waals surface area contributed by atoms with Gasteiger partial charge >= 0.3 is 6.03 Å². The highest BCUT2D eigenvalue weighted by atomic mass is 32.2. The van der Waals surface area contributed by atoms with Gasteiger partial charge in [0.15, 0.2) is 16.7 Å². The van der Waals surface area contributed by atoms with Crippen LogP contribution in [0.25, 0.3) is 0 Å². The summed E-state index contributed by atoms with van der Waals surface area (Å²) in [5.41, 5.74) is 0.526. The number of urea groups is 1. The van der Waals surface area contributed by atoms with E-state index in [4.69, 9.17) is 4.74 Å². The number of rotatable bonds is 6. The van der Waals surface area contributed by atoms with Crippen molar-refractivity contribution in [2.45, 2.75) is 4.90 Å². The molecule has 0 saturated carbocycles. The normalized spacial score (nSPS) is 11.7. The summed E-state index contributed by atoms with van der Waals surface area (Å²) in [4.78, 5) is 18.3. The Bertz CT molecular complexity index is 1060. The lowest BCUT2D eigenvalue weighted by molar-refractivity contribution is 0.258. The summed E-state index contributed by atoms with van der Waals surface area (Å²) in [7, 11) is 1.73. The number of ether oxygens (including phenoxy) is 1. The highest BCUT2D eigenvalue weighted by molar-refractivity contribution is 7.83. The van der Waals surface area contributed by atoms with E-state index in [0.29, 0.717) is 10.6 Å². The Labute approximate surface area is 171 Å². The van der Waals surface area contributed by atoms with Crippen LogP contribution in [-0.4, -0.2) is 29.3 Å². The molecule has 0 fully saturated rings. The number of carbonyl (C=O) groups excluding carboxylic acids is 1. The summed E-state index contributed by atoms with van der Waals surface area (Å²) in [5.74, 6) is -1.63. The van der Waals surface area contributed by atoms with Gasteiger partial charge in [0, 0.05) is 18.8 Å². The van der Waals surface area contributed by atoms with E-state index >= 15 is 0 Å². The molecular weight excluding hydrogens is 422 g/mol. The Morgan fingerprint density at radius 2 is 2.03 bits per heavy atom. The van der Waals surface area contributed by atoms with Crippen LogP contribution in [0, 0.1) is 11.6 Å². The van der Waals surface area contributed by atoms with Gasteiger partial charge in [-0.2, -0.15) is 0 Å². The molecule has 0 spiro atoms. The van der Waals surface area contributed by atoms with Crippen molar-refractivity contribution >= 4 is 39.2 Å². The Morgan fingerprint density at radius 3 is 2.79 bits per heavy atom. The third-order valence-corrected chi connectivity index (χ3v) is 5.55. The Balaban J connectivity index is 1.68. The van der Waals surface area contributed by atoms with E-state index < -0.39 is 28.7 Å². The first-order valence-electron chi connectivity index (χ1n) is 8.20. The van der Waals surface area contributed by atoms with Gasteiger partial charge in [-0.25, -0.2) is 27.5 Å². The molecule has 152 valence electrons. The molecule has 7 nitrogen and oxygen atoms in total. The van der Waals surface area contributed by atoms with Crippen molar-refractivity contribution in [3.63, 3.8) is 0 Å². The van der Waals surface area contributed by atoms with Gasteiger partial charge in [-0.05, 0) is 37.4 Å². The van der Waals surface area contributed by atoms with Crippen LogP contribution in [0.15, 0.2) is 53.6 Å². The fourth-order valence-corrected chi connectivity index (χ4v) is 3.58. The fraction of sp³-hybridized carbons (Fsp3) is 0.111. The van der Waals surface area contributed by atoms with Crippen molar-refractivity contribution in [3.05, 3.63) is 60.3 Å². The number of anilines is 2. The molecule has 1 unspecified atom stereocenters. The zero-order valence-corrected chi connectivity index (χ0v) is 16.9. The lowest BCUT2D eigenvalue weighted by Gasteiger charge is -2.17. The van der Waals surface area contributed by atoms with Crippen LogP contribution in [0.4, 0.5) is 24.4 Å². The molecule has 1 aromatic heterocycles. The molecule has 0 aliphatic carbocycles. The lowest BCUT2D eigenvalue weighted by Crippen LogP contribution is -2.31. The highest BCUT2D eigenvalue weighted by Crippen LogP contribution is 2.32. The van der Waals surface area contributed by atoms with Crippen LogP contribution >= 0.6 is 11.3 Å². The molecule has 3 rings (SSSR count). The predicted molar refractivity (Wildman–Crippen MR) is 108 cm³/mol. The van der Waals surface area contributed by atoms with Gasteiger partial charge in [0.05, 0.1) is 11.1 Å². The highest BCUT2D eigenvalue weighted by Gasteiger charge is 2.15. The maximum absolute atomic E-state index is 13.7. The van der Waals surface area contributed by atoms with Crippen LogP contribution in [0.3, 0.4) is 0 Å². The first kappa shape index (κ1) is 20.8. The van der Waals surface area contributed by atoms with Crippen LogP contribution in [-0.2, 0) is 11.0 Å². The number of hydrogen-bond donors (Lipinski definition) is 2. The summed E-state index contributed by atoms with van der Waals surface area (Å²) < 4.78 is 46.7. The molecule has 0 bridgehead atoms. The van der Waals surface area contributed by atoms with Crippen LogP contribution in [0.2, 0.25) is 0 Å². The molecule has 0 saturated heterocycles. The van der Waals surface area contributed by atoms with Gasteiger partial charge in [-0.1, -0.05) is 17.4 Å². The second kappa shape index (κ2) is 9.07. The minimum atomic E-state index is -1.38. The van der Waals surface area contributed by atoms with Crippen molar-refractivity contribution < 1.29 is 22.5 Å². The van der Waals surface area contributed by atoms with Gasteiger partial charge in [-0.3, -0.25) is 10.2 Å². The molecule has 0 radical (unpaired) electrons. The number of nitrogens with zero attached hydrogens (tertiary/aromatic N) is 2. The van der Waals surface area contributed by atoms with E-state index in [-0.39, 0.29) is 15.9 Å². The van der Waals surface area contributed by atoms with Gasteiger partial charge < -0.3 is 4.74 Å². The number of aromatic nitrogens is 1. The number of benzene rings is 2. The third-order valence-electron chi connectivity index (χ3n) is 3.71. The number of amides is 2. The van der Waals surface area contributed by atoms with Crippen molar-refractivity contribution in [2.75, 3.05) is 24.3 Å². The zero-order valence-electron chi connectivity index (χ0n) is 15.3. The predicted octanol–water partition coefficient (Wildman–Crippen LogP) is 4.12. The SMILES string of the molecule is CNS(=O)c1cccc(N(C)C(=O)Nc2ncc(Oc3cc(F)ccc3F)s2)c1. The molecule has 0 aliphatic heterocycles. The molecule has 29 heavy (non-hydrogen) atoms. The number of hydrogen-bond acceptors (Lipinski definition) is 5. The van der Waals surface area contributed by atoms with Crippen molar-refractivity contribution in [2.24, 2.45) is 0 Å². The van der Waals surface area contributed by atoms with Crippen molar-refractivity contribution in [1.82, 2.24) is 9.71 Å². The standard InChI is InChI=1S/C18H16F2N4O3S2/c1-21-29(26)13-5-3-4-12(9-13)24(2)18(25)23-17-22-10-16(28-17)27-15-8-11(19)6-7-14(15)20/h3-10,21H,1-2H3,(H,22,23,25). The summed E-state index contributed by atoms with van der Waals surface area (Å²) in [6.45, 7) is 0. The van der Waals surface area contributed by atoms with E-state index in [1.165, 1.54) is 11.1 Å². The zero-order chi connectivity index (χ0) is 21.0. The molecule has 2 aromatic carbocycles. The summed E-state index contributed by atoms with van der Waals surface area (Å²) >= 11 is 0.955. The minimum absolute atomic E-state index is 0.180. The summed E-state index contributed by atoms with van der Waals surface area (Å²) in [5, 5.41) is 2.98. The maximum Gasteiger partial charge on any atom is 0.327 e. The summed E-state index contributed by atoms with van der Waals surface area (Å²) in [6.07, 6.45) is 1.29. The number of carbonyl (C=O) groups is 1. The molecule has 1 atom stereocenters. The Hall–Kier alpha value is -2.89. The topological polar surface area (TPSA) is 83.6 Å². The monoisotopic (exact) mass is 438 g/mol. The molecule has 2 amide bonds.